The van der Waals surface area contributed by atoms with Gasteiger partial charge in [0.15, 0.2) is 11.9 Å². The molecular weight excluding hydrogens is 226 g/mol. The summed E-state index contributed by atoms with van der Waals surface area (Å²) in [6.07, 6.45) is 7.04. The quantitative estimate of drug-likeness (QED) is 0.596. The van der Waals surface area contributed by atoms with Crippen LogP contribution in [0, 0.1) is 13.8 Å². The standard InChI is InChI=1S/C15H23NO2/c1-4-5-6-7-10-14(15(17)18)16-11-8-9-12(2)13(16)3/h8-9,11,14H,4-7,10H2,1-3H3/p+1. The van der Waals surface area contributed by atoms with E-state index in [1.54, 1.807) is 0 Å². The molecule has 0 amide bonds. The second kappa shape index (κ2) is 7.14. The number of nitrogens with zero attached hydrogens (tertiary/aromatic N) is 1. The minimum absolute atomic E-state index is 0.429. The molecule has 1 unspecified atom stereocenters. The highest BCUT2D eigenvalue weighted by molar-refractivity contribution is 5.69. The van der Waals surface area contributed by atoms with Crippen molar-refractivity contribution in [2.75, 3.05) is 0 Å². The van der Waals surface area contributed by atoms with Gasteiger partial charge in [-0.25, -0.2) is 4.79 Å². The van der Waals surface area contributed by atoms with Gasteiger partial charge in [-0.3, -0.25) is 0 Å². The normalized spacial score (nSPS) is 12.4. The maximum atomic E-state index is 11.4. The lowest BCUT2D eigenvalue weighted by molar-refractivity contribution is -0.717. The number of hydrogen-bond donors (Lipinski definition) is 1. The molecule has 0 spiro atoms. The fraction of sp³-hybridized carbons (Fsp3) is 0.600. The number of carbonyl (C=O) groups is 1. The van der Waals surface area contributed by atoms with Crippen LogP contribution in [0.15, 0.2) is 18.3 Å². The van der Waals surface area contributed by atoms with E-state index in [1.807, 2.05) is 36.7 Å². The van der Waals surface area contributed by atoms with Crippen molar-refractivity contribution < 1.29 is 14.5 Å². The first-order valence-electron chi connectivity index (χ1n) is 6.78. The molecule has 1 atom stereocenters. The lowest BCUT2D eigenvalue weighted by Gasteiger charge is -2.11. The van der Waals surface area contributed by atoms with Gasteiger partial charge in [-0.15, -0.1) is 0 Å². The Morgan fingerprint density at radius 1 is 1.33 bits per heavy atom. The van der Waals surface area contributed by atoms with Crippen LogP contribution < -0.4 is 4.57 Å². The van der Waals surface area contributed by atoms with Crippen LogP contribution in [-0.2, 0) is 4.79 Å². The molecule has 0 saturated carbocycles. The van der Waals surface area contributed by atoms with Gasteiger partial charge in [0.2, 0.25) is 0 Å². The fourth-order valence-electron chi connectivity index (χ4n) is 2.20. The molecule has 3 heteroatoms. The second-order valence-corrected chi connectivity index (χ2v) is 4.89. The van der Waals surface area contributed by atoms with Crippen molar-refractivity contribution >= 4 is 5.97 Å². The SMILES string of the molecule is CCCCCCC(C(=O)O)[n+]1cccc(C)c1C. The summed E-state index contributed by atoms with van der Waals surface area (Å²) in [6, 6.07) is 3.51. The number of rotatable bonds is 7. The Hall–Kier alpha value is -1.38. The zero-order chi connectivity index (χ0) is 13.5. The van der Waals surface area contributed by atoms with E-state index < -0.39 is 12.0 Å². The van der Waals surface area contributed by atoms with Gasteiger partial charge >= 0.3 is 5.97 Å². The third-order valence-electron chi connectivity index (χ3n) is 3.50. The van der Waals surface area contributed by atoms with Crippen molar-refractivity contribution in [2.24, 2.45) is 0 Å². The van der Waals surface area contributed by atoms with E-state index in [9.17, 15) is 9.90 Å². The zero-order valence-electron chi connectivity index (χ0n) is 11.6. The van der Waals surface area contributed by atoms with Gasteiger partial charge in [-0.1, -0.05) is 26.2 Å². The Kier molecular flexibility index (Phi) is 5.83. The first-order valence-corrected chi connectivity index (χ1v) is 6.78. The molecule has 0 radical (unpaired) electrons. The number of carboxylic acid groups (broad SMARTS) is 1. The van der Waals surface area contributed by atoms with Crippen LogP contribution in [0.5, 0.6) is 0 Å². The van der Waals surface area contributed by atoms with Crippen molar-refractivity contribution in [3.8, 4) is 0 Å². The third-order valence-corrected chi connectivity index (χ3v) is 3.50. The second-order valence-electron chi connectivity index (χ2n) is 4.89. The van der Waals surface area contributed by atoms with Gasteiger partial charge in [-0.2, -0.15) is 4.57 Å². The Labute approximate surface area is 109 Å². The van der Waals surface area contributed by atoms with E-state index in [1.165, 1.54) is 12.8 Å². The Bertz CT molecular complexity index is 401. The van der Waals surface area contributed by atoms with E-state index in [2.05, 4.69) is 6.92 Å². The van der Waals surface area contributed by atoms with Crippen molar-refractivity contribution in [2.45, 2.75) is 58.9 Å². The van der Waals surface area contributed by atoms with Gasteiger partial charge in [0.05, 0.1) is 0 Å². The minimum Gasteiger partial charge on any atom is -0.476 e. The van der Waals surface area contributed by atoms with Crippen molar-refractivity contribution in [3.05, 3.63) is 29.6 Å². The molecule has 1 heterocycles. The highest BCUT2D eigenvalue weighted by Gasteiger charge is 2.28. The van der Waals surface area contributed by atoms with E-state index in [4.69, 9.17) is 0 Å². The first kappa shape index (κ1) is 14.7. The maximum Gasteiger partial charge on any atom is 0.373 e. The maximum absolute atomic E-state index is 11.4. The molecule has 0 aliphatic heterocycles. The Morgan fingerprint density at radius 3 is 2.67 bits per heavy atom. The largest absolute Gasteiger partial charge is 0.476 e. The summed E-state index contributed by atoms with van der Waals surface area (Å²) in [4.78, 5) is 11.4. The van der Waals surface area contributed by atoms with Crippen LogP contribution in [0.4, 0.5) is 0 Å². The van der Waals surface area contributed by atoms with E-state index in [-0.39, 0.29) is 0 Å². The van der Waals surface area contributed by atoms with Crippen LogP contribution in [-0.4, -0.2) is 11.1 Å². The number of hydrogen-bond acceptors (Lipinski definition) is 1. The summed E-state index contributed by atoms with van der Waals surface area (Å²) in [6.45, 7) is 6.16. The molecule has 0 aliphatic rings. The van der Waals surface area contributed by atoms with Crippen molar-refractivity contribution in [1.29, 1.82) is 0 Å². The van der Waals surface area contributed by atoms with E-state index in [0.29, 0.717) is 6.42 Å². The van der Waals surface area contributed by atoms with Crippen LogP contribution in [0.2, 0.25) is 0 Å². The number of aliphatic carboxylic acids is 1. The van der Waals surface area contributed by atoms with Crippen molar-refractivity contribution in [3.63, 3.8) is 0 Å². The molecular formula is C15H24NO2+. The van der Waals surface area contributed by atoms with Gasteiger partial charge in [0.1, 0.15) is 0 Å². The van der Waals surface area contributed by atoms with Gasteiger partial charge < -0.3 is 5.11 Å². The Morgan fingerprint density at radius 2 is 2.06 bits per heavy atom. The number of aryl methyl sites for hydroxylation is 1. The van der Waals surface area contributed by atoms with Crippen molar-refractivity contribution in [1.82, 2.24) is 0 Å². The average Bonchev–Trinajstić information content (AvgIpc) is 2.33. The predicted octanol–water partition coefficient (Wildman–Crippen LogP) is 3.19. The lowest BCUT2D eigenvalue weighted by atomic mass is 10.1. The van der Waals surface area contributed by atoms with E-state index in [0.717, 1.165) is 24.1 Å². The van der Waals surface area contributed by atoms with E-state index >= 15 is 0 Å². The molecule has 0 aromatic carbocycles. The number of carboxylic acids is 1. The molecule has 18 heavy (non-hydrogen) atoms. The predicted molar refractivity (Wildman–Crippen MR) is 71.5 cm³/mol. The average molecular weight is 250 g/mol. The molecule has 0 saturated heterocycles. The summed E-state index contributed by atoms with van der Waals surface area (Å²) in [5.41, 5.74) is 2.18. The van der Waals surface area contributed by atoms with Gasteiger partial charge in [-0.05, 0) is 19.4 Å². The first-order chi connectivity index (χ1) is 8.57. The zero-order valence-corrected chi connectivity index (χ0v) is 11.6. The molecule has 1 aromatic heterocycles. The highest BCUT2D eigenvalue weighted by atomic mass is 16.4. The number of aromatic nitrogens is 1. The number of pyridine rings is 1. The van der Waals surface area contributed by atoms with Crippen LogP contribution in [0.25, 0.3) is 0 Å². The molecule has 0 aliphatic carbocycles. The lowest BCUT2D eigenvalue weighted by Crippen LogP contribution is -2.46. The summed E-state index contributed by atoms with van der Waals surface area (Å²) in [5, 5.41) is 9.38. The molecule has 3 nitrogen and oxygen atoms in total. The topological polar surface area (TPSA) is 41.2 Å². The Balaban J connectivity index is 2.78. The summed E-state index contributed by atoms with van der Waals surface area (Å²) < 4.78 is 1.89. The number of unbranched alkanes of at least 4 members (excludes halogenated alkanes) is 3. The molecule has 100 valence electrons. The highest BCUT2D eigenvalue weighted by Crippen LogP contribution is 2.13. The molecule has 1 rings (SSSR count). The van der Waals surface area contributed by atoms with Crippen LogP contribution in [0.1, 0.15) is 56.3 Å². The molecule has 1 aromatic rings. The monoisotopic (exact) mass is 250 g/mol. The third kappa shape index (κ3) is 3.83. The van der Waals surface area contributed by atoms with Crippen LogP contribution in [0.3, 0.4) is 0 Å². The molecule has 0 bridgehead atoms. The van der Waals surface area contributed by atoms with Gasteiger partial charge in [0.25, 0.3) is 6.04 Å². The summed E-state index contributed by atoms with van der Waals surface area (Å²) in [5.74, 6) is -0.731. The smallest absolute Gasteiger partial charge is 0.373 e. The molecule has 0 fully saturated rings. The molecule has 1 N–H and O–H groups in total. The van der Waals surface area contributed by atoms with Crippen LogP contribution >= 0.6 is 0 Å². The minimum atomic E-state index is -0.731. The van der Waals surface area contributed by atoms with Gasteiger partial charge in [0, 0.05) is 25.0 Å². The summed E-state index contributed by atoms with van der Waals surface area (Å²) in [7, 11) is 0. The fourth-order valence-corrected chi connectivity index (χ4v) is 2.20. The summed E-state index contributed by atoms with van der Waals surface area (Å²) >= 11 is 0.